The third-order valence-electron chi connectivity index (χ3n) is 4.85. The van der Waals surface area contributed by atoms with Crippen molar-refractivity contribution in [1.82, 2.24) is 24.9 Å². The van der Waals surface area contributed by atoms with Gasteiger partial charge in [0.2, 0.25) is 0 Å². The van der Waals surface area contributed by atoms with E-state index in [2.05, 4.69) is 33.5 Å². The van der Waals surface area contributed by atoms with Gasteiger partial charge in [-0.25, -0.2) is 9.79 Å². The van der Waals surface area contributed by atoms with Crippen LogP contribution in [-0.4, -0.2) is 96.0 Å². The summed E-state index contributed by atoms with van der Waals surface area (Å²) in [5.41, 5.74) is 0. The van der Waals surface area contributed by atoms with Crippen LogP contribution in [0.25, 0.3) is 0 Å². The van der Waals surface area contributed by atoms with Gasteiger partial charge >= 0.3 is 6.03 Å². The van der Waals surface area contributed by atoms with E-state index in [1.54, 1.807) is 7.05 Å². The van der Waals surface area contributed by atoms with E-state index in [4.69, 9.17) is 4.99 Å². The van der Waals surface area contributed by atoms with Gasteiger partial charge in [0, 0.05) is 46.3 Å². The van der Waals surface area contributed by atoms with E-state index in [0.717, 1.165) is 51.6 Å². The summed E-state index contributed by atoms with van der Waals surface area (Å²) in [4.78, 5) is 37.2. The molecule has 3 rings (SSSR count). The number of carbonyl (C=O) groups excluding carboxylic acids is 2. The maximum atomic E-state index is 12.4. The van der Waals surface area contributed by atoms with Crippen LogP contribution in [0, 0.1) is 0 Å². The van der Waals surface area contributed by atoms with Crippen molar-refractivity contribution >= 4 is 17.9 Å². The number of hydrogen-bond acceptors (Lipinski definition) is 6. The maximum Gasteiger partial charge on any atom is 0.325 e. The predicted octanol–water partition coefficient (Wildman–Crippen LogP) is -0.252. The Hall–Kier alpha value is -2.09. The first-order valence-electron chi connectivity index (χ1n) is 8.57. The van der Waals surface area contributed by atoms with Crippen LogP contribution in [0.5, 0.6) is 0 Å². The van der Waals surface area contributed by atoms with Gasteiger partial charge in [-0.1, -0.05) is 13.0 Å². The number of fused-ring (bicyclic) bond motifs is 1. The minimum Gasteiger partial charge on any atom is -0.340 e. The number of nitrogens with zero attached hydrogens (tertiary/aromatic N) is 5. The lowest BCUT2D eigenvalue weighted by Gasteiger charge is -2.40. The Bertz CT molecular complexity index is 555. The fourth-order valence-corrected chi connectivity index (χ4v) is 3.57. The molecule has 2 atom stereocenters. The molecule has 8 heteroatoms. The highest BCUT2D eigenvalue weighted by Gasteiger charge is 2.49. The van der Waals surface area contributed by atoms with Crippen molar-refractivity contribution < 1.29 is 9.59 Å². The summed E-state index contributed by atoms with van der Waals surface area (Å²) in [6.07, 6.45) is 2.41. The van der Waals surface area contributed by atoms with Gasteiger partial charge in [-0.15, -0.1) is 6.58 Å². The van der Waals surface area contributed by atoms with Crippen molar-refractivity contribution in [3.05, 3.63) is 12.7 Å². The fourth-order valence-electron chi connectivity index (χ4n) is 3.57. The number of guanidine groups is 1. The van der Waals surface area contributed by atoms with Crippen molar-refractivity contribution in [2.24, 2.45) is 4.99 Å². The molecule has 132 valence electrons. The van der Waals surface area contributed by atoms with Crippen LogP contribution in [0.3, 0.4) is 0 Å². The molecule has 2 unspecified atom stereocenters. The first kappa shape index (κ1) is 16.8. The first-order valence-corrected chi connectivity index (χ1v) is 8.57. The highest BCUT2D eigenvalue weighted by Crippen LogP contribution is 2.26. The Morgan fingerprint density at radius 1 is 1.29 bits per heavy atom. The fraction of sp³-hybridized carbons (Fsp3) is 0.688. The smallest absolute Gasteiger partial charge is 0.325 e. The Morgan fingerprint density at radius 3 is 2.62 bits per heavy atom. The van der Waals surface area contributed by atoms with Crippen molar-refractivity contribution in [1.29, 1.82) is 0 Å². The van der Waals surface area contributed by atoms with Gasteiger partial charge in [0.05, 0.1) is 0 Å². The van der Waals surface area contributed by atoms with Gasteiger partial charge in [-0.2, -0.15) is 0 Å². The monoisotopic (exact) mass is 334 g/mol. The Balaban J connectivity index is 1.79. The molecule has 0 spiro atoms. The second-order valence-corrected chi connectivity index (χ2v) is 6.46. The van der Waals surface area contributed by atoms with E-state index in [1.807, 2.05) is 6.08 Å². The number of carbonyl (C=O) groups is 2. The second kappa shape index (κ2) is 6.80. The van der Waals surface area contributed by atoms with Crippen LogP contribution < -0.4 is 5.32 Å². The quantitative estimate of drug-likeness (QED) is 0.718. The van der Waals surface area contributed by atoms with E-state index >= 15 is 0 Å². The molecule has 8 nitrogen and oxygen atoms in total. The van der Waals surface area contributed by atoms with Gasteiger partial charge in [0.15, 0.2) is 18.2 Å². The number of hydrogen-bond donors (Lipinski definition) is 1. The van der Waals surface area contributed by atoms with Crippen LogP contribution in [0.1, 0.15) is 13.3 Å². The molecule has 0 aliphatic carbocycles. The lowest BCUT2D eigenvalue weighted by atomic mass is 10.1. The van der Waals surface area contributed by atoms with E-state index in [-0.39, 0.29) is 11.9 Å². The van der Waals surface area contributed by atoms with Crippen LogP contribution in [0.2, 0.25) is 0 Å². The first-order chi connectivity index (χ1) is 11.6. The number of imide groups is 1. The summed E-state index contributed by atoms with van der Waals surface area (Å²) < 4.78 is 0. The van der Waals surface area contributed by atoms with E-state index in [9.17, 15) is 9.59 Å². The van der Waals surface area contributed by atoms with Gasteiger partial charge in [0.25, 0.3) is 5.91 Å². The lowest BCUT2D eigenvalue weighted by Crippen LogP contribution is -2.64. The molecular weight excluding hydrogens is 308 g/mol. The number of urea groups is 1. The van der Waals surface area contributed by atoms with Gasteiger partial charge in [-0.3, -0.25) is 15.0 Å². The topological polar surface area (TPSA) is 71.5 Å². The number of aliphatic imine (C=N–C) groups is 1. The molecule has 0 radical (unpaired) electrons. The number of amides is 3. The summed E-state index contributed by atoms with van der Waals surface area (Å²) in [5, 5.41) is 2.43. The number of nitrogens with one attached hydrogen (secondary N) is 1. The molecule has 0 bridgehead atoms. The minimum atomic E-state index is -0.431. The molecule has 1 N–H and O–H groups in total. The number of rotatable bonds is 4. The highest BCUT2D eigenvalue weighted by atomic mass is 16.2. The van der Waals surface area contributed by atoms with E-state index in [1.165, 1.54) is 4.90 Å². The Kier molecular flexibility index (Phi) is 4.75. The molecule has 0 aromatic carbocycles. The average Bonchev–Trinajstić information content (AvgIpc) is 2.94. The van der Waals surface area contributed by atoms with Gasteiger partial charge in [-0.05, 0) is 6.42 Å². The van der Waals surface area contributed by atoms with Gasteiger partial charge in [0.1, 0.15) is 0 Å². The zero-order valence-corrected chi connectivity index (χ0v) is 14.4. The zero-order valence-electron chi connectivity index (χ0n) is 14.4. The summed E-state index contributed by atoms with van der Waals surface area (Å²) >= 11 is 0. The molecule has 0 saturated carbocycles. The lowest BCUT2D eigenvalue weighted by molar-refractivity contribution is -0.127. The molecule has 3 aliphatic rings. The second-order valence-electron chi connectivity index (χ2n) is 6.46. The largest absolute Gasteiger partial charge is 0.340 e. The molecule has 2 fully saturated rings. The van der Waals surface area contributed by atoms with E-state index < -0.39 is 12.2 Å². The van der Waals surface area contributed by atoms with Crippen LogP contribution in [0.15, 0.2) is 17.6 Å². The summed E-state index contributed by atoms with van der Waals surface area (Å²) in [6.45, 7) is 11.1. The summed E-state index contributed by atoms with van der Waals surface area (Å²) in [6, 6.07) is -0.799. The van der Waals surface area contributed by atoms with Crippen molar-refractivity contribution in [2.75, 3.05) is 46.3 Å². The normalized spacial score (nSPS) is 27.9. The van der Waals surface area contributed by atoms with Crippen molar-refractivity contribution in [3.63, 3.8) is 0 Å². The molecule has 3 amide bonds. The Morgan fingerprint density at radius 2 is 2.00 bits per heavy atom. The standard InChI is InChI=1S/C16H26N6O2/c1-4-6-20-8-10-21(11-9-20)15-17-13-12(22(15)7-5-2)14(23)18-16(24)19(13)3/h4,12-13H,1,5-11H2,2-3H3,(H,18,23,24). The molecule has 0 aromatic rings. The zero-order chi connectivity index (χ0) is 17.3. The SMILES string of the molecule is C=CCN1CCN(C2=NC3C(C(=O)NC(=O)N3C)N2CCC)CC1. The highest BCUT2D eigenvalue weighted by molar-refractivity contribution is 6.03. The van der Waals surface area contributed by atoms with Crippen molar-refractivity contribution in [3.8, 4) is 0 Å². The number of piperazine rings is 1. The van der Waals surface area contributed by atoms with Crippen LogP contribution in [-0.2, 0) is 4.79 Å². The number of likely N-dealkylation sites (N-methyl/N-ethyl adjacent to an activating group) is 1. The third kappa shape index (κ3) is 2.86. The minimum absolute atomic E-state index is 0.249. The molecule has 2 saturated heterocycles. The summed E-state index contributed by atoms with van der Waals surface area (Å²) in [7, 11) is 1.69. The molecule has 24 heavy (non-hydrogen) atoms. The average molecular weight is 334 g/mol. The molecule has 3 heterocycles. The van der Waals surface area contributed by atoms with Crippen LogP contribution >= 0.6 is 0 Å². The molecule has 0 aromatic heterocycles. The molecular formula is C16H26N6O2. The third-order valence-corrected chi connectivity index (χ3v) is 4.85. The summed E-state index contributed by atoms with van der Waals surface area (Å²) in [5.74, 6) is 0.599. The van der Waals surface area contributed by atoms with Gasteiger partial charge < -0.3 is 14.7 Å². The molecule has 3 aliphatic heterocycles. The Labute approximate surface area is 142 Å². The van der Waals surface area contributed by atoms with E-state index in [0.29, 0.717) is 0 Å². The predicted molar refractivity (Wildman–Crippen MR) is 91.5 cm³/mol. The van der Waals surface area contributed by atoms with Crippen LogP contribution in [0.4, 0.5) is 4.79 Å². The van der Waals surface area contributed by atoms with Crippen molar-refractivity contribution in [2.45, 2.75) is 25.6 Å². The maximum absolute atomic E-state index is 12.4.